The molecule has 0 radical (unpaired) electrons. The number of benzene rings is 1. The molecular formula is C58H87BrN10O14. The minimum atomic E-state index is -1.04. The maximum atomic E-state index is 13.6. The first kappa shape index (κ1) is 67.2. The number of urea groups is 1. The second kappa shape index (κ2) is 33.7. The van der Waals surface area contributed by atoms with Crippen LogP contribution in [0.1, 0.15) is 118 Å². The number of allylic oxidation sites excluding steroid dienone is 2. The summed E-state index contributed by atoms with van der Waals surface area (Å²) in [6, 6.07) is 3.68. The van der Waals surface area contributed by atoms with Gasteiger partial charge in [0.15, 0.2) is 0 Å². The molecule has 25 heteroatoms. The topological polar surface area (TPSA) is 334 Å². The third-order valence-corrected chi connectivity index (χ3v) is 15.4. The Morgan fingerprint density at radius 3 is 2.17 bits per heavy atom. The fraction of sp³-hybridized carbons (Fsp3) is 0.638. The number of nitrogens with one attached hydrogen (secondary N) is 6. The minimum Gasteiger partial charge on any atom is -0.445 e. The molecule has 24 nitrogen and oxygen atoms in total. The van der Waals surface area contributed by atoms with Gasteiger partial charge in [0, 0.05) is 70.3 Å². The molecule has 1 aromatic rings. The first-order valence-electron chi connectivity index (χ1n) is 28.8. The van der Waals surface area contributed by atoms with Crippen molar-refractivity contribution in [2.45, 2.75) is 173 Å². The number of piperazine rings is 1. The van der Waals surface area contributed by atoms with Gasteiger partial charge in [0.25, 0.3) is 0 Å². The lowest BCUT2D eigenvalue weighted by Gasteiger charge is -2.39. The summed E-state index contributed by atoms with van der Waals surface area (Å²) in [5.41, 5.74) is 12.5. The average Bonchev–Trinajstić information content (AvgIpc) is 4.36. The van der Waals surface area contributed by atoms with E-state index in [1.807, 2.05) is 26.0 Å². The zero-order valence-electron chi connectivity index (χ0n) is 48.8. The van der Waals surface area contributed by atoms with Gasteiger partial charge in [0.1, 0.15) is 24.8 Å². The molecule has 1 aromatic carbocycles. The number of epoxide rings is 1. The number of nitrogens with two attached hydrogens (primary N) is 2. The average molecular weight is 1230 g/mol. The number of unbranched alkanes of at least 4 members (excludes halogenated alkanes) is 2. The van der Waals surface area contributed by atoms with Crippen LogP contribution in [0.4, 0.5) is 20.1 Å². The highest BCUT2D eigenvalue weighted by molar-refractivity contribution is 9.09. The number of rotatable bonds is 29. The summed E-state index contributed by atoms with van der Waals surface area (Å²) in [6.45, 7) is 13.4. The standard InChI is InChI=1S/C58H87BrN10O14/c1-36(2)52(67-49(71)12-8-7-9-23-62-51(73)33-59)54(75)66-45(11-10-24-63-55(61)76)53(74)64-42-18-16-41(17-19-42)34-79-56(77)68-25-27-69(28-26-68)57(78)81-39(5)15-22-50(72)65-46-29-38(4)47(82-40(46)6)21-14-37(3)13-20-43-31-58(35-80-58)32-44(83-43)30-48(60)70/h13-20,22,36,38-40,43-47,52H,7-12,21,23-35H2,1-6H3,(H2,60,70)(H,62,73)(H,64,74)(H,65,72)(H,66,75)(H,67,71)(H3,61,63,76)/b20-13+,22-15-,37-14+/t38-,39-,40+,43+,44+,45-,46+,47-,52-,58+/m0/s1. The summed E-state index contributed by atoms with van der Waals surface area (Å²) in [4.78, 5) is 116. The maximum Gasteiger partial charge on any atom is 0.410 e. The van der Waals surface area contributed by atoms with Gasteiger partial charge in [-0.05, 0) is 94.9 Å². The van der Waals surface area contributed by atoms with E-state index in [0.29, 0.717) is 62.9 Å². The second-order valence-corrected chi connectivity index (χ2v) is 22.9. The number of alkyl halides is 1. The zero-order valence-corrected chi connectivity index (χ0v) is 50.3. The molecule has 10 amide bonds. The van der Waals surface area contributed by atoms with E-state index < -0.39 is 48.2 Å². The van der Waals surface area contributed by atoms with Crippen molar-refractivity contribution in [1.29, 1.82) is 0 Å². The molecule has 4 fully saturated rings. The van der Waals surface area contributed by atoms with E-state index >= 15 is 0 Å². The second-order valence-electron chi connectivity index (χ2n) is 22.3. The van der Waals surface area contributed by atoms with Gasteiger partial charge in [0.2, 0.25) is 35.4 Å². The van der Waals surface area contributed by atoms with Gasteiger partial charge in [-0.1, -0.05) is 79.1 Å². The van der Waals surface area contributed by atoms with Crippen molar-refractivity contribution < 1.29 is 66.8 Å². The van der Waals surface area contributed by atoms with E-state index in [2.05, 4.69) is 60.8 Å². The fourth-order valence-corrected chi connectivity index (χ4v) is 10.2. The molecule has 460 valence electrons. The summed E-state index contributed by atoms with van der Waals surface area (Å²) < 4.78 is 29.4. The van der Waals surface area contributed by atoms with Crippen LogP contribution in [0.5, 0.6) is 0 Å². The number of nitrogens with zero attached hydrogens (tertiary/aromatic N) is 2. The molecule has 0 saturated carbocycles. The SMILES string of the molecule is CC(/C=C/[C@@H]1C[C@]2(CO2)C[C@@H](CC(N)=O)O1)=C\C[C@@H]1O[C@H](C)[C@H](NC(=O)/C=C\[C@H](C)OC(=O)N2CCN(C(=O)OCc3ccc(NC(=O)[C@H](CCCNC(N)=O)NC(=O)[C@@H](NC(=O)CCCCCNC(=O)CBr)C(C)C)cc3)CC2)C[C@@H]1C. The van der Waals surface area contributed by atoms with Gasteiger partial charge < -0.3 is 76.9 Å². The number of carbonyl (C=O) groups is 9. The monoisotopic (exact) mass is 1230 g/mol. The van der Waals surface area contributed by atoms with Crippen molar-refractivity contribution in [1.82, 2.24) is 36.4 Å². The van der Waals surface area contributed by atoms with Gasteiger partial charge in [-0.15, -0.1) is 0 Å². The van der Waals surface area contributed by atoms with Crippen molar-refractivity contribution in [3.05, 3.63) is 65.8 Å². The molecule has 4 saturated heterocycles. The molecule has 83 heavy (non-hydrogen) atoms. The Morgan fingerprint density at radius 1 is 0.831 bits per heavy atom. The van der Waals surface area contributed by atoms with Gasteiger partial charge in [-0.2, -0.15) is 0 Å². The Bertz CT molecular complexity index is 2470. The number of hydrogen-bond donors (Lipinski definition) is 8. The van der Waals surface area contributed by atoms with Crippen LogP contribution in [0.3, 0.4) is 0 Å². The van der Waals surface area contributed by atoms with Crippen LogP contribution >= 0.6 is 15.9 Å². The normalized spacial score (nSPS) is 23.6. The lowest BCUT2D eigenvalue weighted by Crippen LogP contribution is -2.54. The Labute approximate surface area is 495 Å². The molecule has 0 bridgehead atoms. The van der Waals surface area contributed by atoms with E-state index in [-0.39, 0.29) is 135 Å². The molecule has 0 aliphatic carbocycles. The first-order chi connectivity index (χ1) is 39.5. The number of ether oxygens (including phenoxy) is 5. The summed E-state index contributed by atoms with van der Waals surface area (Å²) in [7, 11) is 0. The van der Waals surface area contributed by atoms with Crippen molar-refractivity contribution in [3.8, 4) is 0 Å². The van der Waals surface area contributed by atoms with Gasteiger partial charge in [0.05, 0.1) is 54.4 Å². The Hall–Kier alpha value is -6.57. The number of hydrogen-bond acceptors (Lipinski definition) is 14. The lowest BCUT2D eigenvalue weighted by molar-refractivity contribution is -0.132. The highest BCUT2D eigenvalue weighted by Gasteiger charge is 2.51. The van der Waals surface area contributed by atoms with E-state index in [0.717, 1.165) is 18.4 Å². The van der Waals surface area contributed by atoms with E-state index in [9.17, 15) is 43.2 Å². The number of carbonyl (C=O) groups excluding carboxylic acids is 9. The highest BCUT2D eigenvalue weighted by Crippen LogP contribution is 2.43. The summed E-state index contributed by atoms with van der Waals surface area (Å²) >= 11 is 3.09. The predicted molar refractivity (Wildman–Crippen MR) is 312 cm³/mol. The maximum absolute atomic E-state index is 13.6. The van der Waals surface area contributed by atoms with Crippen LogP contribution in [-0.2, 0) is 59.1 Å². The Balaban J connectivity index is 0.987. The summed E-state index contributed by atoms with van der Waals surface area (Å²) in [5.74, 6) is -2.37. The van der Waals surface area contributed by atoms with Crippen LogP contribution in [0.25, 0.3) is 0 Å². The van der Waals surface area contributed by atoms with Crippen LogP contribution in [0, 0.1) is 11.8 Å². The molecule has 10 atom stereocenters. The van der Waals surface area contributed by atoms with E-state index in [4.69, 9.17) is 35.2 Å². The van der Waals surface area contributed by atoms with Crippen molar-refractivity contribution in [2.24, 2.45) is 23.3 Å². The van der Waals surface area contributed by atoms with Crippen LogP contribution < -0.4 is 43.4 Å². The molecule has 4 aliphatic rings. The molecule has 5 rings (SSSR count). The third-order valence-electron chi connectivity index (χ3n) is 14.9. The van der Waals surface area contributed by atoms with Crippen LogP contribution in [-0.4, -0.2) is 169 Å². The third kappa shape index (κ3) is 23.9. The predicted octanol–water partition coefficient (Wildman–Crippen LogP) is 4.49. The lowest BCUT2D eigenvalue weighted by atomic mass is 9.88. The van der Waals surface area contributed by atoms with Crippen molar-refractivity contribution >= 4 is 75.3 Å². The number of halogens is 1. The number of anilines is 1. The molecular weight excluding hydrogens is 1140 g/mol. The van der Waals surface area contributed by atoms with Crippen LogP contribution in [0.15, 0.2) is 60.2 Å². The smallest absolute Gasteiger partial charge is 0.410 e. The van der Waals surface area contributed by atoms with Crippen molar-refractivity contribution in [2.75, 3.05) is 56.5 Å². The van der Waals surface area contributed by atoms with Gasteiger partial charge in [-0.25, -0.2) is 14.4 Å². The van der Waals surface area contributed by atoms with Crippen molar-refractivity contribution in [3.63, 3.8) is 0 Å². The molecule has 10 N–H and O–H groups in total. The highest BCUT2D eigenvalue weighted by atomic mass is 79.9. The minimum absolute atomic E-state index is 0.0363. The Morgan fingerprint density at radius 2 is 1.52 bits per heavy atom. The first-order valence-corrected chi connectivity index (χ1v) is 29.9. The largest absolute Gasteiger partial charge is 0.445 e. The molecule has 1 spiro atoms. The molecule has 4 heterocycles. The zero-order chi connectivity index (χ0) is 60.6. The quantitative estimate of drug-likeness (QED) is 0.0180. The van der Waals surface area contributed by atoms with Gasteiger partial charge in [-0.3, -0.25) is 28.8 Å². The van der Waals surface area contributed by atoms with Crippen LogP contribution in [0.2, 0.25) is 0 Å². The Kier molecular flexibility index (Phi) is 27.3. The summed E-state index contributed by atoms with van der Waals surface area (Å²) in [5, 5.41) is 16.8. The summed E-state index contributed by atoms with van der Waals surface area (Å²) in [6.07, 6.45) is 12.1. The van der Waals surface area contributed by atoms with Gasteiger partial charge >= 0.3 is 18.2 Å². The molecule has 0 aromatic heterocycles. The number of primary amides is 2. The van der Waals surface area contributed by atoms with E-state index in [1.165, 1.54) is 22.0 Å². The van der Waals surface area contributed by atoms with E-state index in [1.54, 1.807) is 45.0 Å². The molecule has 4 aliphatic heterocycles. The number of amides is 10. The fourth-order valence-electron chi connectivity index (χ4n) is 9.99. The molecule has 0 unspecified atom stereocenters.